The van der Waals surface area contributed by atoms with Crippen LogP contribution in [0.2, 0.25) is 5.02 Å². The average Bonchev–Trinajstić information content (AvgIpc) is 3.02. The van der Waals surface area contributed by atoms with Gasteiger partial charge in [0.25, 0.3) is 5.91 Å². The highest BCUT2D eigenvalue weighted by molar-refractivity contribution is 9.10. The number of fused-ring (bicyclic) bond motifs is 1. The number of carbonyl (C=O) groups is 1. The molecule has 156 valence electrons. The molecule has 2 N–H and O–H groups in total. The maximum absolute atomic E-state index is 12.5. The van der Waals surface area contributed by atoms with E-state index in [0.717, 1.165) is 37.9 Å². The lowest BCUT2D eigenvalue weighted by Gasteiger charge is -2.10. The van der Waals surface area contributed by atoms with Gasteiger partial charge in [0.1, 0.15) is 5.75 Å². The minimum absolute atomic E-state index is 0.0864. The summed E-state index contributed by atoms with van der Waals surface area (Å²) < 4.78 is 2.90. The molecule has 7 heteroatoms. The summed E-state index contributed by atoms with van der Waals surface area (Å²) in [7, 11) is 0. The van der Waals surface area contributed by atoms with E-state index < -0.39 is 5.91 Å². The van der Waals surface area contributed by atoms with Gasteiger partial charge >= 0.3 is 0 Å². The van der Waals surface area contributed by atoms with Gasteiger partial charge in [-0.1, -0.05) is 35.9 Å². The molecule has 0 saturated heterocycles. The highest BCUT2D eigenvalue weighted by Gasteiger charge is 2.13. The third-order valence-electron chi connectivity index (χ3n) is 5.11. The Bertz CT molecular complexity index is 1340. The Kier molecular flexibility index (Phi) is 5.85. The van der Waals surface area contributed by atoms with Crippen molar-refractivity contribution >= 4 is 50.4 Å². The van der Waals surface area contributed by atoms with Gasteiger partial charge < -0.3 is 9.67 Å². The van der Waals surface area contributed by atoms with E-state index in [2.05, 4.69) is 31.0 Å². The number of hydrogen-bond acceptors (Lipinski definition) is 3. The molecule has 31 heavy (non-hydrogen) atoms. The summed E-state index contributed by atoms with van der Waals surface area (Å²) >= 11 is 9.66. The first kappa shape index (κ1) is 21.2. The van der Waals surface area contributed by atoms with Crippen LogP contribution in [0.25, 0.3) is 16.5 Å². The quantitative estimate of drug-likeness (QED) is 0.263. The number of hydrazone groups is 1. The van der Waals surface area contributed by atoms with E-state index in [1.165, 1.54) is 0 Å². The molecular weight excluding hydrogens is 478 g/mol. The second-order valence-corrected chi connectivity index (χ2v) is 8.44. The number of amides is 1. The zero-order valence-electron chi connectivity index (χ0n) is 16.9. The van der Waals surface area contributed by atoms with E-state index in [1.807, 2.05) is 62.4 Å². The lowest BCUT2D eigenvalue weighted by Crippen LogP contribution is -2.17. The number of aromatic hydroxyl groups is 1. The molecule has 0 bridgehead atoms. The second kappa shape index (κ2) is 8.57. The van der Waals surface area contributed by atoms with Gasteiger partial charge in [0, 0.05) is 27.1 Å². The Balaban J connectivity index is 1.56. The molecule has 3 aromatic carbocycles. The van der Waals surface area contributed by atoms with E-state index in [-0.39, 0.29) is 11.3 Å². The summed E-state index contributed by atoms with van der Waals surface area (Å²) in [4.78, 5) is 12.5. The third kappa shape index (κ3) is 4.22. The van der Waals surface area contributed by atoms with Crippen LogP contribution in [-0.2, 0) is 0 Å². The lowest BCUT2D eigenvalue weighted by molar-refractivity contribution is 0.0952. The number of phenols is 1. The number of aromatic nitrogens is 1. The zero-order chi connectivity index (χ0) is 22.1. The fourth-order valence-electron chi connectivity index (χ4n) is 3.57. The van der Waals surface area contributed by atoms with Crippen LogP contribution in [-0.4, -0.2) is 21.8 Å². The van der Waals surface area contributed by atoms with Gasteiger partial charge in [-0.15, -0.1) is 0 Å². The Morgan fingerprint density at radius 1 is 1.10 bits per heavy atom. The van der Waals surface area contributed by atoms with Crippen molar-refractivity contribution in [2.45, 2.75) is 13.8 Å². The monoisotopic (exact) mass is 495 g/mol. The number of nitrogens with one attached hydrogen (secondary N) is 1. The highest BCUT2D eigenvalue weighted by Crippen LogP contribution is 2.28. The third-order valence-corrected chi connectivity index (χ3v) is 6.34. The molecule has 0 aliphatic rings. The standard InChI is InChI=1S/C24H19BrClN3O2/c1-14-9-18(15(2)29(14)19-7-8-21(25)22(26)12-19)13-27-28-24(31)20-10-16-5-3-4-6-17(16)11-23(20)30/h3-13,30H,1-2H3,(H,28,31). The smallest absolute Gasteiger partial charge is 0.275 e. The van der Waals surface area contributed by atoms with E-state index in [4.69, 9.17) is 11.6 Å². The van der Waals surface area contributed by atoms with Crippen molar-refractivity contribution in [3.05, 3.63) is 92.7 Å². The summed E-state index contributed by atoms with van der Waals surface area (Å²) in [5, 5.41) is 16.7. The average molecular weight is 497 g/mol. The van der Waals surface area contributed by atoms with Crippen molar-refractivity contribution in [2.75, 3.05) is 0 Å². The molecule has 0 atom stereocenters. The molecule has 0 unspecified atom stereocenters. The first-order chi connectivity index (χ1) is 14.8. The van der Waals surface area contributed by atoms with E-state index in [9.17, 15) is 9.90 Å². The molecule has 0 aliphatic heterocycles. The predicted octanol–water partition coefficient (Wildman–Crippen LogP) is 6.13. The summed E-state index contributed by atoms with van der Waals surface area (Å²) in [6.07, 6.45) is 1.59. The number of phenolic OH excluding ortho intramolecular Hbond substituents is 1. The molecule has 1 aromatic heterocycles. The van der Waals surface area contributed by atoms with Gasteiger partial charge in [-0.3, -0.25) is 4.79 Å². The van der Waals surface area contributed by atoms with Crippen LogP contribution in [0.4, 0.5) is 0 Å². The Labute approximate surface area is 193 Å². The van der Waals surface area contributed by atoms with Gasteiger partial charge in [0.2, 0.25) is 0 Å². The van der Waals surface area contributed by atoms with Crippen LogP contribution < -0.4 is 5.43 Å². The number of carbonyl (C=O) groups excluding carboxylic acids is 1. The number of rotatable bonds is 4. The van der Waals surface area contributed by atoms with Gasteiger partial charge in [-0.2, -0.15) is 5.10 Å². The molecular formula is C24H19BrClN3O2. The molecule has 0 saturated carbocycles. The summed E-state index contributed by atoms with van der Waals surface area (Å²) in [5.74, 6) is -0.565. The predicted molar refractivity (Wildman–Crippen MR) is 129 cm³/mol. The molecule has 4 aromatic rings. The molecule has 0 radical (unpaired) electrons. The van der Waals surface area contributed by atoms with Gasteiger partial charge in [-0.05, 0) is 76.9 Å². The Hall–Kier alpha value is -3.09. The number of halogens is 2. The molecule has 1 heterocycles. The highest BCUT2D eigenvalue weighted by atomic mass is 79.9. The van der Waals surface area contributed by atoms with Crippen LogP contribution in [0.1, 0.15) is 27.3 Å². The SMILES string of the molecule is Cc1cc(C=NNC(=O)c2cc3ccccc3cc2O)c(C)n1-c1ccc(Br)c(Cl)c1. The molecule has 0 spiro atoms. The molecule has 0 fully saturated rings. The Morgan fingerprint density at radius 2 is 1.81 bits per heavy atom. The topological polar surface area (TPSA) is 66.6 Å². The largest absolute Gasteiger partial charge is 0.507 e. The minimum atomic E-state index is -0.479. The number of benzene rings is 3. The van der Waals surface area contributed by atoms with E-state index in [1.54, 1.807) is 18.3 Å². The molecule has 4 rings (SSSR count). The summed E-state index contributed by atoms with van der Waals surface area (Å²) in [6, 6.07) is 18.5. The first-order valence-electron chi connectivity index (χ1n) is 9.54. The van der Waals surface area contributed by atoms with Crippen molar-refractivity contribution in [3.8, 4) is 11.4 Å². The maximum atomic E-state index is 12.5. The fourth-order valence-corrected chi connectivity index (χ4v) is 3.99. The minimum Gasteiger partial charge on any atom is -0.507 e. The lowest BCUT2D eigenvalue weighted by atomic mass is 10.1. The van der Waals surface area contributed by atoms with Crippen molar-refractivity contribution in [2.24, 2.45) is 5.10 Å². The van der Waals surface area contributed by atoms with Gasteiger partial charge in [0.05, 0.1) is 16.8 Å². The fraction of sp³-hybridized carbons (Fsp3) is 0.0833. The van der Waals surface area contributed by atoms with Crippen molar-refractivity contribution < 1.29 is 9.90 Å². The van der Waals surface area contributed by atoms with E-state index in [0.29, 0.717) is 5.02 Å². The summed E-state index contributed by atoms with van der Waals surface area (Å²) in [5.41, 5.74) is 6.44. The van der Waals surface area contributed by atoms with Crippen LogP contribution in [0.15, 0.2) is 70.2 Å². The second-order valence-electron chi connectivity index (χ2n) is 7.18. The Morgan fingerprint density at radius 3 is 2.52 bits per heavy atom. The van der Waals surface area contributed by atoms with Crippen molar-refractivity contribution in [1.82, 2.24) is 9.99 Å². The summed E-state index contributed by atoms with van der Waals surface area (Å²) in [6.45, 7) is 3.97. The van der Waals surface area contributed by atoms with Gasteiger partial charge in [-0.25, -0.2) is 5.43 Å². The van der Waals surface area contributed by atoms with Crippen LogP contribution >= 0.6 is 27.5 Å². The number of aryl methyl sites for hydroxylation is 1. The van der Waals surface area contributed by atoms with E-state index >= 15 is 0 Å². The molecule has 0 aliphatic carbocycles. The number of nitrogens with zero attached hydrogens (tertiary/aromatic N) is 2. The van der Waals surface area contributed by atoms with Gasteiger partial charge in [0.15, 0.2) is 0 Å². The maximum Gasteiger partial charge on any atom is 0.275 e. The zero-order valence-corrected chi connectivity index (χ0v) is 19.2. The van der Waals surface area contributed by atoms with Crippen molar-refractivity contribution in [3.63, 3.8) is 0 Å². The van der Waals surface area contributed by atoms with Crippen LogP contribution in [0, 0.1) is 13.8 Å². The first-order valence-corrected chi connectivity index (χ1v) is 10.7. The van der Waals surface area contributed by atoms with Crippen molar-refractivity contribution in [1.29, 1.82) is 0 Å². The molecule has 1 amide bonds. The normalized spacial score (nSPS) is 11.4. The van der Waals surface area contributed by atoms with Crippen LogP contribution in [0.5, 0.6) is 5.75 Å². The van der Waals surface area contributed by atoms with Crippen LogP contribution in [0.3, 0.4) is 0 Å². The number of hydrogen-bond donors (Lipinski definition) is 2. The molecule has 5 nitrogen and oxygen atoms in total.